The molecule has 0 spiro atoms. The second kappa shape index (κ2) is 6.06. The molecule has 0 saturated heterocycles. The summed E-state index contributed by atoms with van der Waals surface area (Å²) < 4.78 is 10.4. The molecule has 2 aromatic rings. The fourth-order valence-corrected chi connectivity index (χ4v) is 1.50. The molecule has 1 amide bonds. The summed E-state index contributed by atoms with van der Waals surface area (Å²) in [5.41, 5.74) is 2.27. The number of hydrogen-bond donors (Lipinski definition) is 1. The van der Waals surface area contributed by atoms with E-state index in [-0.39, 0.29) is 11.7 Å². The standard InChI is InChI=1S/C15H16N2O3/c1-10(2)9-19-13-6-4-12(5-7-13)16-15(18)14-8-11(3)17-20-14/h4-8H,1,9H2,2-3H3,(H,16,18). The van der Waals surface area contributed by atoms with Gasteiger partial charge >= 0.3 is 0 Å². The predicted molar refractivity (Wildman–Crippen MR) is 75.9 cm³/mol. The molecule has 1 heterocycles. The van der Waals surface area contributed by atoms with E-state index < -0.39 is 0 Å². The lowest BCUT2D eigenvalue weighted by Crippen LogP contribution is -2.10. The zero-order valence-electron chi connectivity index (χ0n) is 11.5. The third-order valence-electron chi connectivity index (χ3n) is 2.45. The number of nitrogens with zero attached hydrogens (tertiary/aromatic N) is 1. The number of hydrogen-bond acceptors (Lipinski definition) is 4. The average Bonchev–Trinajstić information content (AvgIpc) is 2.85. The van der Waals surface area contributed by atoms with Crippen LogP contribution in [0.4, 0.5) is 5.69 Å². The quantitative estimate of drug-likeness (QED) is 0.849. The van der Waals surface area contributed by atoms with Crippen molar-refractivity contribution in [2.24, 2.45) is 0 Å². The van der Waals surface area contributed by atoms with E-state index in [0.717, 1.165) is 11.3 Å². The molecule has 20 heavy (non-hydrogen) atoms. The zero-order valence-corrected chi connectivity index (χ0v) is 11.5. The third-order valence-corrected chi connectivity index (χ3v) is 2.45. The summed E-state index contributed by atoms with van der Waals surface area (Å²) in [4.78, 5) is 11.8. The monoisotopic (exact) mass is 272 g/mol. The van der Waals surface area contributed by atoms with Gasteiger partial charge in [-0.15, -0.1) is 0 Å². The summed E-state index contributed by atoms with van der Waals surface area (Å²) in [6.45, 7) is 7.89. The largest absolute Gasteiger partial charge is 0.489 e. The molecule has 0 aliphatic heterocycles. The van der Waals surface area contributed by atoms with Crippen molar-refractivity contribution in [3.05, 3.63) is 53.9 Å². The molecule has 0 unspecified atom stereocenters. The molecule has 5 heteroatoms. The summed E-state index contributed by atoms with van der Waals surface area (Å²) in [5, 5.41) is 6.39. The Hall–Kier alpha value is -2.56. The van der Waals surface area contributed by atoms with Gasteiger partial charge in [0.15, 0.2) is 0 Å². The normalized spacial score (nSPS) is 10.1. The van der Waals surface area contributed by atoms with Crippen LogP contribution in [0.5, 0.6) is 5.75 Å². The number of amides is 1. The van der Waals surface area contributed by atoms with Crippen molar-refractivity contribution >= 4 is 11.6 Å². The van der Waals surface area contributed by atoms with Crippen LogP contribution in [0.25, 0.3) is 0 Å². The first kappa shape index (κ1) is 13.9. The SMILES string of the molecule is C=C(C)COc1ccc(NC(=O)c2cc(C)no2)cc1. The number of carbonyl (C=O) groups is 1. The molecule has 1 aromatic carbocycles. The Morgan fingerprint density at radius 3 is 2.65 bits per heavy atom. The van der Waals surface area contributed by atoms with E-state index in [1.54, 1.807) is 37.3 Å². The maximum absolute atomic E-state index is 11.8. The number of aryl methyl sites for hydroxylation is 1. The second-order valence-electron chi connectivity index (χ2n) is 4.56. The number of ether oxygens (including phenoxy) is 1. The van der Waals surface area contributed by atoms with Gasteiger partial charge in [-0.1, -0.05) is 11.7 Å². The van der Waals surface area contributed by atoms with Gasteiger partial charge in [0.1, 0.15) is 12.4 Å². The number of benzene rings is 1. The van der Waals surface area contributed by atoms with E-state index in [0.29, 0.717) is 18.0 Å². The molecule has 1 N–H and O–H groups in total. The predicted octanol–water partition coefficient (Wildman–Crippen LogP) is 3.19. The summed E-state index contributed by atoms with van der Waals surface area (Å²) in [6, 6.07) is 8.66. The first-order chi connectivity index (χ1) is 9.54. The van der Waals surface area contributed by atoms with Crippen molar-refractivity contribution in [3.63, 3.8) is 0 Å². The van der Waals surface area contributed by atoms with Crippen molar-refractivity contribution in [2.45, 2.75) is 13.8 Å². The smallest absolute Gasteiger partial charge is 0.294 e. The summed E-state index contributed by atoms with van der Waals surface area (Å²) in [5.74, 6) is 0.577. The highest BCUT2D eigenvalue weighted by Gasteiger charge is 2.11. The molecule has 0 atom stereocenters. The summed E-state index contributed by atoms with van der Waals surface area (Å²) >= 11 is 0. The van der Waals surface area contributed by atoms with E-state index in [2.05, 4.69) is 17.1 Å². The van der Waals surface area contributed by atoms with Crippen LogP contribution < -0.4 is 10.1 Å². The molecule has 5 nitrogen and oxygen atoms in total. The lowest BCUT2D eigenvalue weighted by Gasteiger charge is -2.07. The Labute approximate surface area is 117 Å². The van der Waals surface area contributed by atoms with Gasteiger partial charge < -0.3 is 14.6 Å². The zero-order chi connectivity index (χ0) is 14.5. The van der Waals surface area contributed by atoms with Crippen LogP contribution >= 0.6 is 0 Å². The molecule has 104 valence electrons. The van der Waals surface area contributed by atoms with Crippen molar-refractivity contribution in [3.8, 4) is 5.75 Å². The minimum Gasteiger partial charge on any atom is -0.489 e. The average molecular weight is 272 g/mol. The lowest BCUT2D eigenvalue weighted by atomic mass is 10.3. The fourth-order valence-electron chi connectivity index (χ4n) is 1.50. The molecule has 0 bridgehead atoms. The van der Waals surface area contributed by atoms with Gasteiger partial charge in [0.25, 0.3) is 5.91 Å². The number of anilines is 1. The third kappa shape index (κ3) is 3.71. The molecule has 1 aromatic heterocycles. The van der Waals surface area contributed by atoms with Crippen LogP contribution in [-0.4, -0.2) is 17.7 Å². The summed E-state index contributed by atoms with van der Waals surface area (Å²) in [6.07, 6.45) is 0. The first-order valence-corrected chi connectivity index (χ1v) is 6.16. The fraction of sp³-hybridized carbons (Fsp3) is 0.200. The van der Waals surface area contributed by atoms with Crippen LogP contribution in [0.1, 0.15) is 23.2 Å². The van der Waals surface area contributed by atoms with Gasteiger partial charge in [0, 0.05) is 11.8 Å². The molecule has 0 aliphatic carbocycles. The molecule has 0 radical (unpaired) electrons. The van der Waals surface area contributed by atoms with Gasteiger partial charge in [-0.25, -0.2) is 0 Å². The molecule has 0 saturated carbocycles. The number of nitrogens with one attached hydrogen (secondary N) is 1. The molecular weight excluding hydrogens is 256 g/mol. The Balaban J connectivity index is 1.96. The Morgan fingerprint density at radius 1 is 1.40 bits per heavy atom. The number of aromatic nitrogens is 1. The number of carbonyl (C=O) groups excluding carboxylic acids is 1. The Morgan fingerprint density at radius 2 is 2.10 bits per heavy atom. The lowest BCUT2D eigenvalue weighted by molar-refractivity contribution is 0.0988. The van der Waals surface area contributed by atoms with Gasteiger partial charge in [-0.2, -0.15) is 0 Å². The van der Waals surface area contributed by atoms with Gasteiger partial charge in [-0.3, -0.25) is 4.79 Å². The summed E-state index contributed by atoms with van der Waals surface area (Å²) in [7, 11) is 0. The van der Waals surface area contributed by atoms with E-state index in [1.165, 1.54) is 0 Å². The van der Waals surface area contributed by atoms with E-state index >= 15 is 0 Å². The van der Waals surface area contributed by atoms with Crippen molar-refractivity contribution in [1.82, 2.24) is 5.16 Å². The first-order valence-electron chi connectivity index (χ1n) is 6.16. The topological polar surface area (TPSA) is 64.4 Å². The Bertz CT molecular complexity index is 614. The van der Waals surface area contributed by atoms with Crippen LogP contribution in [0, 0.1) is 6.92 Å². The molecular formula is C15H16N2O3. The van der Waals surface area contributed by atoms with E-state index in [9.17, 15) is 4.79 Å². The highest BCUT2D eigenvalue weighted by molar-refractivity contribution is 6.02. The van der Waals surface area contributed by atoms with Crippen molar-refractivity contribution in [1.29, 1.82) is 0 Å². The van der Waals surface area contributed by atoms with Gasteiger partial charge in [0.2, 0.25) is 5.76 Å². The maximum Gasteiger partial charge on any atom is 0.294 e. The minimum absolute atomic E-state index is 0.185. The van der Waals surface area contributed by atoms with Crippen LogP contribution in [0.15, 0.2) is 47.0 Å². The molecule has 0 aliphatic rings. The van der Waals surface area contributed by atoms with Crippen molar-refractivity contribution in [2.75, 3.05) is 11.9 Å². The molecule has 2 rings (SSSR count). The van der Waals surface area contributed by atoms with Gasteiger partial charge in [0.05, 0.1) is 5.69 Å². The van der Waals surface area contributed by atoms with Crippen molar-refractivity contribution < 1.29 is 14.1 Å². The van der Waals surface area contributed by atoms with E-state index in [4.69, 9.17) is 9.26 Å². The van der Waals surface area contributed by atoms with Crippen LogP contribution in [0.2, 0.25) is 0 Å². The maximum atomic E-state index is 11.8. The van der Waals surface area contributed by atoms with Gasteiger partial charge in [-0.05, 0) is 43.7 Å². The second-order valence-corrected chi connectivity index (χ2v) is 4.56. The van der Waals surface area contributed by atoms with E-state index in [1.807, 2.05) is 6.92 Å². The highest BCUT2D eigenvalue weighted by atomic mass is 16.5. The highest BCUT2D eigenvalue weighted by Crippen LogP contribution is 2.17. The minimum atomic E-state index is -0.332. The van der Waals surface area contributed by atoms with Crippen LogP contribution in [0.3, 0.4) is 0 Å². The van der Waals surface area contributed by atoms with Crippen LogP contribution in [-0.2, 0) is 0 Å². The Kier molecular flexibility index (Phi) is 4.20. The number of rotatable bonds is 5. The molecule has 0 fully saturated rings.